The number of benzene rings is 1. The van der Waals surface area contributed by atoms with Crippen LogP contribution < -0.4 is 0 Å². The van der Waals surface area contributed by atoms with E-state index in [4.69, 9.17) is 0 Å². The number of hydrogen-bond donors (Lipinski definition) is 0. The van der Waals surface area contributed by atoms with Crippen molar-refractivity contribution < 1.29 is 4.79 Å². The summed E-state index contributed by atoms with van der Waals surface area (Å²) in [5.41, 5.74) is 3.31. The van der Waals surface area contributed by atoms with Crippen molar-refractivity contribution in [1.82, 2.24) is 14.5 Å². The topological polar surface area (TPSA) is 47.8 Å². The fourth-order valence-corrected chi connectivity index (χ4v) is 2.27. The average Bonchev–Trinajstić information content (AvgIpc) is 2.90. The van der Waals surface area contributed by atoms with Crippen LogP contribution in [-0.2, 0) is 0 Å². The number of aromatic nitrogens is 3. The number of carbonyl (C=O) groups is 1. The highest BCUT2D eigenvalue weighted by molar-refractivity contribution is 9.09. The maximum absolute atomic E-state index is 11.5. The molecule has 4 nitrogen and oxygen atoms in total. The van der Waals surface area contributed by atoms with Gasteiger partial charge in [0.05, 0.1) is 10.8 Å². The molecule has 20 heavy (non-hydrogen) atoms. The van der Waals surface area contributed by atoms with E-state index in [1.165, 1.54) is 0 Å². The van der Waals surface area contributed by atoms with E-state index in [1.54, 1.807) is 12.5 Å². The van der Waals surface area contributed by atoms with Crippen molar-refractivity contribution in [1.29, 1.82) is 0 Å². The van der Waals surface area contributed by atoms with Crippen LogP contribution in [0.4, 0.5) is 0 Å². The van der Waals surface area contributed by atoms with Gasteiger partial charge in [-0.25, -0.2) is 9.97 Å². The number of imidazole rings is 1. The number of Topliss-reactive ketones (excluding diaryl/α,β-unsaturated/α-hetero) is 1. The van der Waals surface area contributed by atoms with Crippen LogP contribution in [0.15, 0.2) is 48.9 Å². The number of rotatable bonds is 3. The van der Waals surface area contributed by atoms with Crippen molar-refractivity contribution in [3.8, 4) is 5.69 Å². The van der Waals surface area contributed by atoms with E-state index in [0.29, 0.717) is 16.5 Å². The Morgan fingerprint density at radius 2 is 1.90 bits per heavy atom. The third-order valence-corrected chi connectivity index (χ3v) is 3.42. The lowest BCUT2D eigenvalue weighted by Crippen LogP contribution is -2.00. The summed E-state index contributed by atoms with van der Waals surface area (Å²) in [4.78, 5) is 20.0. The molecule has 0 N–H and O–H groups in total. The highest BCUT2D eigenvalue weighted by Crippen LogP contribution is 2.17. The van der Waals surface area contributed by atoms with Gasteiger partial charge in [-0.1, -0.05) is 15.9 Å². The van der Waals surface area contributed by atoms with Crippen molar-refractivity contribution in [2.45, 2.75) is 0 Å². The number of nitrogens with zero attached hydrogens (tertiary/aromatic N) is 3. The predicted molar refractivity (Wildman–Crippen MR) is 87.3 cm³/mol. The van der Waals surface area contributed by atoms with Crippen LogP contribution >= 0.6 is 32.9 Å². The fourth-order valence-electron chi connectivity index (χ4n) is 1.94. The number of ketones is 1. The van der Waals surface area contributed by atoms with Gasteiger partial charge in [-0.15, -0.1) is 17.0 Å². The van der Waals surface area contributed by atoms with E-state index >= 15 is 0 Å². The Balaban J connectivity index is 0.00000147. The van der Waals surface area contributed by atoms with Gasteiger partial charge >= 0.3 is 0 Å². The predicted octanol–water partition coefficient (Wildman–Crippen LogP) is 3.58. The van der Waals surface area contributed by atoms with Crippen molar-refractivity contribution in [2.24, 2.45) is 0 Å². The lowest BCUT2D eigenvalue weighted by molar-refractivity contribution is 0.102. The smallest absolute Gasteiger partial charge is 0.177 e. The van der Waals surface area contributed by atoms with Gasteiger partial charge < -0.3 is 0 Å². The standard InChI is InChI=1S/C14H10BrN3O.BrH/c15-8-13(19)10-3-5-11(6-4-10)18-9-17-14-12(18)2-1-7-16-14;/h1-7,9H,8H2;1H. The quantitative estimate of drug-likeness (QED) is 0.502. The summed E-state index contributed by atoms with van der Waals surface area (Å²) < 4.78 is 1.95. The van der Waals surface area contributed by atoms with E-state index < -0.39 is 0 Å². The normalized spacial score (nSPS) is 10.2. The molecule has 0 bridgehead atoms. The molecule has 0 saturated carbocycles. The SMILES string of the molecule is Br.O=C(CBr)c1ccc(-n2cnc3ncccc32)cc1. The molecule has 102 valence electrons. The van der Waals surface area contributed by atoms with Gasteiger partial charge in [-0.2, -0.15) is 0 Å². The van der Waals surface area contributed by atoms with E-state index in [9.17, 15) is 4.79 Å². The molecule has 0 saturated heterocycles. The van der Waals surface area contributed by atoms with E-state index in [2.05, 4.69) is 25.9 Å². The van der Waals surface area contributed by atoms with Crippen LogP contribution in [-0.4, -0.2) is 25.6 Å². The molecule has 6 heteroatoms. The Morgan fingerprint density at radius 3 is 2.60 bits per heavy atom. The van der Waals surface area contributed by atoms with Crippen LogP contribution in [0.3, 0.4) is 0 Å². The molecule has 0 amide bonds. The zero-order valence-corrected chi connectivity index (χ0v) is 13.7. The molecule has 1 aromatic carbocycles. The zero-order valence-electron chi connectivity index (χ0n) is 10.4. The number of hydrogen-bond acceptors (Lipinski definition) is 3. The zero-order chi connectivity index (χ0) is 13.2. The van der Waals surface area contributed by atoms with E-state index in [1.807, 2.05) is 41.0 Å². The Labute approximate surface area is 134 Å². The van der Waals surface area contributed by atoms with E-state index in [0.717, 1.165) is 11.2 Å². The first kappa shape index (κ1) is 14.9. The second kappa shape index (κ2) is 6.28. The van der Waals surface area contributed by atoms with E-state index in [-0.39, 0.29) is 22.8 Å². The average molecular weight is 397 g/mol. The molecule has 0 aliphatic heterocycles. The first-order valence-electron chi connectivity index (χ1n) is 5.77. The molecule has 0 aliphatic carbocycles. The van der Waals surface area contributed by atoms with Gasteiger partial charge in [-0.3, -0.25) is 9.36 Å². The highest BCUT2D eigenvalue weighted by atomic mass is 79.9. The summed E-state index contributed by atoms with van der Waals surface area (Å²) in [6.07, 6.45) is 3.45. The monoisotopic (exact) mass is 395 g/mol. The molecule has 0 radical (unpaired) electrons. The number of carbonyl (C=O) groups excluding carboxylic acids is 1. The summed E-state index contributed by atoms with van der Waals surface area (Å²) in [6, 6.07) is 11.3. The lowest BCUT2D eigenvalue weighted by atomic mass is 10.1. The van der Waals surface area contributed by atoms with Crippen LogP contribution in [0, 0.1) is 0 Å². The molecule has 0 unspecified atom stereocenters. The third kappa shape index (κ3) is 2.66. The summed E-state index contributed by atoms with van der Waals surface area (Å²) in [5.74, 6) is 0.0729. The molecule has 0 fully saturated rings. The van der Waals surface area contributed by atoms with Gasteiger partial charge in [0.15, 0.2) is 11.4 Å². The minimum atomic E-state index is 0. The lowest BCUT2D eigenvalue weighted by Gasteiger charge is -2.04. The molecule has 0 spiro atoms. The number of alkyl halides is 1. The highest BCUT2D eigenvalue weighted by Gasteiger charge is 2.07. The second-order valence-electron chi connectivity index (χ2n) is 4.06. The van der Waals surface area contributed by atoms with Crippen LogP contribution in [0.1, 0.15) is 10.4 Å². The molecule has 3 aromatic rings. The van der Waals surface area contributed by atoms with Crippen molar-refractivity contribution >= 4 is 49.9 Å². The maximum atomic E-state index is 11.5. The number of pyridine rings is 1. The minimum absolute atomic E-state index is 0. The molecular weight excluding hydrogens is 386 g/mol. The third-order valence-electron chi connectivity index (χ3n) is 2.91. The van der Waals surface area contributed by atoms with Gasteiger partial charge in [0.2, 0.25) is 0 Å². The first-order chi connectivity index (χ1) is 9.29. The molecule has 2 aromatic heterocycles. The van der Waals surface area contributed by atoms with Gasteiger partial charge in [0.1, 0.15) is 6.33 Å². The summed E-state index contributed by atoms with van der Waals surface area (Å²) in [7, 11) is 0. The minimum Gasteiger partial charge on any atom is -0.297 e. The Morgan fingerprint density at radius 1 is 1.15 bits per heavy atom. The Hall–Kier alpha value is -1.53. The second-order valence-corrected chi connectivity index (χ2v) is 4.63. The van der Waals surface area contributed by atoms with Gasteiger partial charge in [0.25, 0.3) is 0 Å². The van der Waals surface area contributed by atoms with Crippen LogP contribution in [0.2, 0.25) is 0 Å². The van der Waals surface area contributed by atoms with Crippen molar-refractivity contribution in [2.75, 3.05) is 5.33 Å². The molecule has 2 heterocycles. The molecular formula is C14H11Br2N3O. The molecule has 0 atom stereocenters. The Bertz CT molecular complexity index is 738. The van der Waals surface area contributed by atoms with Crippen LogP contribution in [0.25, 0.3) is 16.9 Å². The number of halogens is 2. The molecule has 0 aliphatic rings. The fraction of sp³-hybridized carbons (Fsp3) is 0.0714. The first-order valence-corrected chi connectivity index (χ1v) is 6.89. The Kier molecular flexibility index (Phi) is 4.67. The van der Waals surface area contributed by atoms with Crippen molar-refractivity contribution in [3.05, 3.63) is 54.5 Å². The summed E-state index contributed by atoms with van der Waals surface area (Å²) in [6.45, 7) is 0. The van der Waals surface area contributed by atoms with Gasteiger partial charge in [-0.05, 0) is 36.4 Å². The van der Waals surface area contributed by atoms with Crippen LogP contribution in [0.5, 0.6) is 0 Å². The van der Waals surface area contributed by atoms with Gasteiger partial charge in [0, 0.05) is 17.4 Å². The van der Waals surface area contributed by atoms with Crippen molar-refractivity contribution in [3.63, 3.8) is 0 Å². The summed E-state index contributed by atoms with van der Waals surface area (Å²) in [5, 5.41) is 0.338. The largest absolute Gasteiger partial charge is 0.297 e. The number of fused-ring (bicyclic) bond motifs is 1. The summed E-state index contributed by atoms with van der Waals surface area (Å²) >= 11 is 3.17. The maximum Gasteiger partial charge on any atom is 0.177 e. The molecule has 3 rings (SSSR count).